The lowest BCUT2D eigenvalue weighted by Gasteiger charge is -2.21. The molecule has 0 radical (unpaired) electrons. The number of nitrogen functional groups attached to an aromatic ring is 1. The van der Waals surface area contributed by atoms with Crippen LogP contribution < -0.4 is 16.0 Å². The zero-order valence-corrected chi connectivity index (χ0v) is 18.7. The van der Waals surface area contributed by atoms with Gasteiger partial charge in [0.25, 0.3) is 0 Å². The molecule has 0 aliphatic carbocycles. The average molecular weight is 472 g/mol. The molecule has 1 atom stereocenters. The lowest BCUT2D eigenvalue weighted by molar-refractivity contribution is -0.137. The molecule has 3 N–H and O–H groups in total. The second-order valence-electron chi connectivity index (χ2n) is 8.65. The summed E-state index contributed by atoms with van der Waals surface area (Å²) in [5, 5.41) is 2.35. The fourth-order valence-corrected chi connectivity index (χ4v) is 3.68. The molecule has 7 nitrogen and oxygen atoms in total. The van der Waals surface area contributed by atoms with Crippen molar-refractivity contribution in [2.45, 2.75) is 39.0 Å². The number of rotatable bonds is 4. The normalized spacial score (nSPS) is 16.8. The Kier molecular flexibility index (Phi) is 6.73. The minimum Gasteiger partial charge on any atom is -0.444 e. The van der Waals surface area contributed by atoms with Crippen molar-refractivity contribution in [1.82, 2.24) is 15.3 Å². The molecule has 1 aromatic heterocycles. The number of halogens is 4. The summed E-state index contributed by atoms with van der Waals surface area (Å²) in [4.78, 5) is 22.5. The molecule has 2 heterocycles. The number of aromatic nitrogens is 2. The van der Waals surface area contributed by atoms with Gasteiger partial charge in [-0.3, -0.25) is 0 Å². The Morgan fingerprint density at radius 2 is 2.06 bits per heavy atom. The molecule has 32 heavy (non-hydrogen) atoms. The van der Waals surface area contributed by atoms with Crippen molar-refractivity contribution in [3.8, 4) is 11.4 Å². The Morgan fingerprint density at radius 1 is 1.34 bits per heavy atom. The van der Waals surface area contributed by atoms with E-state index in [2.05, 4.69) is 15.3 Å². The second-order valence-corrected chi connectivity index (χ2v) is 9.06. The average Bonchev–Trinajstić information content (AvgIpc) is 3.13. The molecule has 1 fully saturated rings. The summed E-state index contributed by atoms with van der Waals surface area (Å²) in [6, 6.07) is 3.38. The van der Waals surface area contributed by atoms with Crippen molar-refractivity contribution in [1.29, 1.82) is 0 Å². The SMILES string of the molecule is CC(C)(C)OC(=O)NCC1CCN(c2nc(-c3ccc(C(F)(F)F)c(Cl)c3)ncc2N)C1. The zero-order chi connectivity index (χ0) is 23.7. The minimum absolute atomic E-state index is 0.167. The van der Waals surface area contributed by atoms with Crippen LogP contribution in [0.5, 0.6) is 0 Å². The summed E-state index contributed by atoms with van der Waals surface area (Å²) in [6.45, 7) is 7.09. The maximum absolute atomic E-state index is 13.0. The van der Waals surface area contributed by atoms with E-state index in [4.69, 9.17) is 22.1 Å². The monoisotopic (exact) mass is 471 g/mol. The van der Waals surface area contributed by atoms with E-state index in [1.807, 2.05) is 4.90 Å². The molecule has 0 spiro atoms. The summed E-state index contributed by atoms with van der Waals surface area (Å²) >= 11 is 5.83. The number of alkyl halides is 3. The van der Waals surface area contributed by atoms with E-state index in [-0.39, 0.29) is 11.7 Å². The van der Waals surface area contributed by atoms with Crippen molar-refractivity contribution in [3.05, 3.63) is 35.0 Å². The minimum atomic E-state index is -4.54. The van der Waals surface area contributed by atoms with E-state index in [0.717, 1.165) is 12.5 Å². The third-order valence-corrected chi connectivity index (χ3v) is 5.16. The highest BCUT2D eigenvalue weighted by Gasteiger charge is 2.33. The van der Waals surface area contributed by atoms with Crippen LogP contribution in [0.25, 0.3) is 11.4 Å². The van der Waals surface area contributed by atoms with Gasteiger partial charge in [0.1, 0.15) is 5.60 Å². The number of carbonyl (C=O) groups excluding carboxylic acids is 1. The molecule has 0 bridgehead atoms. The Labute approximate surface area is 189 Å². The van der Waals surface area contributed by atoms with Crippen LogP contribution in [0.3, 0.4) is 0 Å². The van der Waals surface area contributed by atoms with E-state index in [1.54, 1.807) is 20.8 Å². The fraction of sp³-hybridized carbons (Fsp3) is 0.476. The number of nitrogens with two attached hydrogens (primary N) is 1. The first-order chi connectivity index (χ1) is 14.8. The standard InChI is InChI=1S/C21H25ClF3N5O2/c1-20(2,3)32-19(31)28-9-12-6-7-30(11-12)18-16(26)10-27-17(29-18)13-4-5-14(15(22)8-13)21(23,24)25/h4-5,8,10,12H,6-7,9,11,26H2,1-3H3,(H,28,31). The number of anilines is 2. The smallest absolute Gasteiger partial charge is 0.417 e. The van der Waals surface area contributed by atoms with E-state index in [1.165, 1.54) is 18.3 Å². The van der Waals surface area contributed by atoms with Crippen molar-refractivity contribution in [2.24, 2.45) is 5.92 Å². The van der Waals surface area contributed by atoms with Crippen molar-refractivity contribution >= 4 is 29.2 Å². The van der Waals surface area contributed by atoms with Gasteiger partial charge >= 0.3 is 12.3 Å². The van der Waals surface area contributed by atoms with Crippen LogP contribution in [-0.2, 0) is 10.9 Å². The molecule has 2 aromatic rings. The first kappa shape index (κ1) is 23.9. The predicted molar refractivity (Wildman–Crippen MR) is 116 cm³/mol. The van der Waals surface area contributed by atoms with Gasteiger partial charge in [0, 0.05) is 25.2 Å². The Morgan fingerprint density at radius 3 is 2.69 bits per heavy atom. The molecular formula is C21H25ClF3N5O2. The number of hydrogen-bond acceptors (Lipinski definition) is 6. The largest absolute Gasteiger partial charge is 0.444 e. The van der Waals surface area contributed by atoms with E-state index < -0.39 is 28.5 Å². The Hall–Kier alpha value is -2.75. The van der Waals surface area contributed by atoms with Crippen LogP contribution in [-0.4, -0.2) is 41.3 Å². The van der Waals surface area contributed by atoms with Gasteiger partial charge in [-0.25, -0.2) is 14.8 Å². The van der Waals surface area contributed by atoms with Crippen molar-refractivity contribution in [2.75, 3.05) is 30.3 Å². The Bertz CT molecular complexity index is 994. The molecule has 0 saturated carbocycles. The highest BCUT2D eigenvalue weighted by molar-refractivity contribution is 6.31. The summed E-state index contributed by atoms with van der Waals surface area (Å²) in [7, 11) is 0. The molecule has 11 heteroatoms. The van der Waals surface area contributed by atoms with E-state index in [0.29, 0.717) is 36.7 Å². The summed E-state index contributed by atoms with van der Waals surface area (Å²) < 4.78 is 44.1. The maximum atomic E-state index is 13.0. The Balaban J connectivity index is 1.70. The fourth-order valence-electron chi connectivity index (χ4n) is 3.39. The molecule has 1 saturated heterocycles. The van der Waals surface area contributed by atoms with Crippen LogP contribution in [0.1, 0.15) is 32.8 Å². The second kappa shape index (κ2) is 9.01. The van der Waals surface area contributed by atoms with Gasteiger partial charge in [0.2, 0.25) is 0 Å². The highest BCUT2D eigenvalue weighted by Crippen LogP contribution is 2.37. The van der Waals surface area contributed by atoms with E-state index in [9.17, 15) is 18.0 Å². The van der Waals surface area contributed by atoms with Gasteiger partial charge in [-0.05, 0) is 45.2 Å². The first-order valence-corrected chi connectivity index (χ1v) is 10.4. The third kappa shape index (κ3) is 5.93. The molecule has 1 unspecified atom stereocenters. The van der Waals surface area contributed by atoms with Crippen molar-refractivity contribution in [3.63, 3.8) is 0 Å². The molecule has 1 aliphatic heterocycles. The van der Waals surface area contributed by atoms with Crippen LogP contribution in [0.2, 0.25) is 5.02 Å². The summed E-state index contributed by atoms with van der Waals surface area (Å²) in [5.41, 5.74) is 5.28. The van der Waals surface area contributed by atoms with Crippen LogP contribution in [0, 0.1) is 5.92 Å². The maximum Gasteiger partial charge on any atom is 0.417 e. The number of nitrogens with zero attached hydrogens (tertiary/aromatic N) is 3. The van der Waals surface area contributed by atoms with Crippen LogP contribution in [0.4, 0.5) is 29.5 Å². The molecule has 1 amide bonds. The van der Waals surface area contributed by atoms with Crippen molar-refractivity contribution < 1.29 is 22.7 Å². The van der Waals surface area contributed by atoms with Crippen LogP contribution in [0.15, 0.2) is 24.4 Å². The lowest BCUT2D eigenvalue weighted by atomic mass is 10.1. The molecule has 1 aliphatic rings. The number of ether oxygens (including phenoxy) is 1. The first-order valence-electron chi connectivity index (χ1n) is 10.0. The lowest BCUT2D eigenvalue weighted by Crippen LogP contribution is -2.36. The number of amides is 1. The quantitative estimate of drug-likeness (QED) is 0.668. The van der Waals surface area contributed by atoms with E-state index >= 15 is 0 Å². The molecule has 3 rings (SSSR count). The summed E-state index contributed by atoms with van der Waals surface area (Å²) in [6.07, 6.45) is -2.78. The van der Waals surface area contributed by atoms with Gasteiger partial charge in [-0.15, -0.1) is 0 Å². The number of carbonyl (C=O) groups is 1. The highest BCUT2D eigenvalue weighted by atomic mass is 35.5. The molecule has 1 aromatic carbocycles. The number of hydrogen-bond donors (Lipinski definition) is 2. The zero-order valence-electron chi connectivity index (χ0n) is 18.0. The number of nitrogens with one attached hydrogen (secondary N) is 1. The van der Waals surface area contributed by atoms with Gasteiger partial charge in [0.05, 0.1) is 22.5 Å². The van der Waals surface area contributed by atoms with Crippen LogP contribution >= 0.6 is 11.6 Å². The van der Waals surface area contributed by atoms with Gasteiger partial charge in [-0.2, -0.15) is 13.2 Å². The van der Waals surface area contributed by atoms with Gasteiger partial charge in [0.15, 0.2) is 11.6 Å². The predicted octanol–water partition coefficient (Wildman–Crippen LogP) is 4.75. The molecular weight excluding hydrogens is 447 g/mol. The van der Waals surface area contributed by atoms with Gasteiger partial charge in [-0.1, -0.05) is 17.7 Å². The summed E-state index contributed by atoms with van der Waals surface area (Å²) in [5.74, 6) is 0.881. The molecule has 174 valence electrons. The third-order valence-electron chi connectivity index (χ3n) is 4.85. The topological polar surface area (TPSA) is 93.4 Å². The number of benzene rings is 1. The number of alkyl carbamates (subject to hydrolysis) is 1. The van der Waals surface area contributed by atoms with Gasteiger partial charge < -0.3 is 20.7 Å².